The standard InChI is InChI=1S/C13H20N2O2/c1-5-7-8-15(12(4)17)11(3)14-9-13(6-2)10-16/h6-9,16H,3,5,10H2,1-2,4H3/b8-7-,13-6+,14-9-. The molecular formula is C13H20N2O2. The van der Waals surface area contributed by atoms with E-state index in [4.69, 9.17) is 5.11 Å². The summed E-state index contributed by atoms with van der Waals surface area (Å²) >= 11 is 0. The van der Waals surface area contributed by atoms with Crippen LogP contribution in [-0.2, 0) is 4.79 Å². The number of hydrogen-bond donors (Lipinski definition) is 1. The molecule has 1 amide bonds. The molecule has 0 atom stereocenters. The lowest BCUT2D eigenvalue weighted by Gasteiger charge is -2.15. The molecule has 0 aromatic carbocycles. The third-order valence-corrected chi connectivity index (χ3v) is 2.04. The van der Waals surface area contributed by atoms with E-state index in [9.17, 15) is 4.79 Å². The Morgan fingerprint density at radius 2 is 2.18 bits per heavy atom. The predicted molar refractivity (Wildman–Crippen MR) is 70.4 cm³/mol. The molecule has 0 rings (SSSR count). The molecule has 94 valence electrons. The summed E-state index contributed by atoms with van der Waals surface area (Å²) in [5, 5.41) is 8.94. The fraction of sp³-hybridized carbons (Fsp3) is 0.385. The lowest BCUT2D eigenvalue weighted by Crippen LogP contribution is -2.20. The Hall–Kier alpha value is -1.68. The Labute approximate surface area is 103 Å². The van der Waals surface area contributed by atoms with Crippen molar-refractivity contribution in [3.63, 3.8) is 0 Å². The Bertz CT molecular complexity index is 354. The van der Waals surface area contributed by atoms with Gasteiger partial charge in [-0.25, -0.2) is 4.99 Å². The number of rotatable bonds is 6. The van der Waals surface area contributed by atoms with Crippen molar-refractivity contribution in [1.82, 2.24) is 4.90 Å². The van der Waals surface area contributed by atoms with Crippen LogP contribution in [0.15, 0.2) is 41.3 Å². The van der Waals surface area contributed by atoms with Crippen LogP contribution in [0, 0.1) is 0 Å². The molecule has 0 heterocycles. The smallest absolute Gasteiger partial charge is 0.229 e. The summed E-state index contributed by atoms with van der Waals surface area (Å²) in [5.41, 5.74) is 0.675. The second-order valence-corrected chi connectivity index (χ2v) is 3.38. The Morgan fingerprint density at radius 1 is 1.53 bits per heavy atom. The first kappa shape index (κ1) is 15.3. The number of carbonyl (C=O) groups excluding carboxylic acids is 1. The molecule has 0 fully saturated rings. The van der Waals surface area contributed by atoms with Gasteiger partial charge in [0.2, 0.25) is 5.91 Å². The zero-order valence-corrected chi connectivity index (χ0v) is 10.7. The van der Waals surface area contributed by atoms with Crippen LogP contribution < -0.4 is 0 Å². The first-order valence-electron chi connectivity index (χ1n) is 5.52. The van der Waals surface area contributed by atoms with Gasteiger partial charge < -0.3 is 5.11 Å². The predicted octanol–water partition coefficient (Wildman–Crippen LogP) is 2.24. The summed E-state index contributed by atoms with van der Waals surface area (Å²) in [4.78, 5) is 16.8. The molecule has 4 heteroatoms. The van der Waals surface area contributed by atoms with E-state index < -0.39 is 0 Å². The van der Waals surface area contributed by atoms with Gasteiger partial charge in [-0.15, -0.1) is 0 Å². The molecule has 0 aromatic rings. The van der Waals surface area contributed by atoms with Gasteiger partial charge >= 0.3 is 0 Å². The first-order valence-corrected chi connectivity index (χ1v) is 5.52. The normalized spacial score (nSPS) is 12.4. The summed E-state index contributed by atoms with van der Waals surface area (Å²) in [6.07, 6.45) is 7.58. The highest BCUT2D eigenvalue weighted by Crippen LogP contribution is 2.06. The summed E-state index contributed by atoms with van der Waals surface area (Å²) in [6.45, 7) is 8.86. The van der Waals surface area contributed by atoms with Crippen LogP contribution in [0.1, 0.15) is 27.2 Å². The topological polar surface area (TPSA) is 52.9 Å². The molecular weight excluding hydrogens is 216 g/mol. The second-order valence-electron chi connectivity index (χ2n) is 3.38. The van der Waals surface area contributed by atoms with Crippen molar-refractivity contribution >= 4 is 12.1 Å². The van der Waals surface area contributed by atoms with Gasteiger partial charge in [-0.1, -0.05) is 25.7 Å². The molecule has 0 saturated heterocycles. The molecule has 1 N–H and O–H groups in total. The summed E-state index contributed by atoms with van der Waals surface area (Å²) in [7, 11) is 0. The minimum Gasteiger partial charge on any atom is -0.392 e. The molecule has 0 radical (unpaired) electrons. The van der Waals surface area contributed by atoms with E-state index in [1.807, 2.05) is 13.0 Å². The van der Waals surface area contributed by atoms with E-state index in [2.05, 4.69) is 11.6 Å². The third-order valence-electron chi connectivity index (χ3n) is 2.04. The lowest BCUT2D eigenvalue weighted by atomic mass is 10.3. The van der Waals surface area contributed by atoms with Crippen molar-refractivity contribution < 1.29 is 9.90 Å². The number of aliphatic imine (C=N–C) groups is 1. The van der Waals surface area contributed by atoms with E-state index in [1.54, 1.807) is 19.2 Å². The number of amides is 1. The van der Waals surface area contributed by atoms with Crippen LogP contribution in [0.3, 0.4) is 0 Å². The number of allylic oxidation sites excluding steroid dienone is 2. The van der Waals surface area contributed by atoms with Crippen LogP contribution in [0.4, 0.5) is 0 Å². The minimum atomic E-state index is -0.150. The van der Waals surface area contributed by atoms with Gasteiger partial charge in [-0.3, -0.25) is 9.69 Å². The largest absolute Gasteiger partial charge is 0.392 e. The molecule has 0 unspecified atom stereocenters. The zero-order valence-electron chi connectivity index (χ0n) is 10.7. The van der Waals surface area contributed by atoms with Gasteiger partial charge in [0.1, 0.15) is 5.82 Å². The molecule has 0 bridgehead atoms. The summed E-state index contributed by atoms with van der Waals surface area (Å²) in [5.74, 6) is 0.179. The molecule has 0 saturated carbocycles. The van der Waals surface area contributed by atoms with Crippen molar-refractivity contribution in [2.75, 3.05) is 6.61 Å². The van der Waals surface area contributed by atoms with Gasteiger partial charge in [0, 0.05) is 19.3 Å². The highest BCUT2D eigenvalue weighted by molar-refractivity contribution is 5.81. The zero-order chi connectivity index (χ0) is 13.3. The molecule has 0 aromatic heterocycles. The molecule has 4 nitrogen and oxygen atoms in total. The van der Waals surface area contributed by atoms with Crippen molar-refractivity contribution in [3.8, 4) is 0 Å². The number of aliphatic hydroxyl groups is 1. The molecule has 0 aliphatic heterocycles. The van der Waals surface area contributed by atoms with Crippen molar-refractivity contribution in [1.29, 1.82) is 0 Å². The maximum absolute atomic E-state index is 11.4. The van der Waals surface area contributed by atoms with Crippen LogP contribution in [0.25, 0.3) is 0 Å². The van der Waals surface area contributed by atoms with Crippen LogP contribution in [0.5, 0.6) is 0 Å². The Kier molecular flexibility index (Phi) is 7.63. The van der Waals surface area contributed by atoms with Gasteiger partial charge in [-0.05, 0) is 18.9 Å². The van der Waals surface area contributed by atoms with Crippen molar-refractivity contribution in [2.45, 2.75) is 27.2 Å². The van der Waals surface area contributed by atoms with E-state index >= 15 is 0 Å². The van der Waals surface area contributed by atoms with Crippen molar-refractivity contribution in [2.24, 2.45) is 4.99 Å². The molecule has 0 aliphatic rings. The fourth-order valence-electron chi connectivity index (χ4n) is 1.01. The minimum absolute atomic E-state index is 0.0852. The summed E-state index contributed by atoms with van der Waals surface area (Å²) < 4.78 is 0. The Morgan fingerprint density at radius 3 is 2.59 bits per heavy atom. The van der Waals surface area contributed by atoms with Crippen LogP contribution >= 0.6 is 0 Å². The maximum Gasteiger partial charge on any atom is 0.229 e. The van der Waals surface area contributed by atoms with Crippen LogP contribution in [0.2, 0.25) is 0 Å². The number of carbonyl (C=O) groups is 1. The van der Waals surface area contributed by atoms with E-state index in [-0.39, 0.29) is 12.5 Å². The van der Waals surface area contributed by atoms with E-state index in [0.717, 1.165) is 6.42 Å². The quantitative estimate of drug-likeness (QED) is 0.719. The fourth-order valence-corrected chi connectivity index (χ4v) is 1.01. The highest BCUT2D eigenvalue weighted by Gasteiger charge is 2.07. The van der Waals surface area contributed by atoms with Gasteiger partial charge in [-0.2, -0.15) is 0 Å². The lowest BCUT2D eigenvalue weighted by molar-refractivity contribution is -0.124. The molecule has 17 heavy (non-hydrogen) atoms. The van der Waals surface area contributed by atoms with Gasteiger partial charge in [0.25, 0.3) is 0 Å². The van der Waals surface area contributed by atoms with Crippen molar-refractivity contribution in [3.05, 3.63) is 36.3 Å². The van der Waals surface area contributed by atoms with Gasteiger partial charge in [0.15, 0.2) is 0 Å². The average Bonchev–Trinajstić information content (AvgIpc) is 2.30. The van der Waals surface area contributed by atoms with Gasteiger partial charge in [0.05, 0.1) is 6.61 Å². The average molecular weight is 236 g/mol. The van der Waals surface area contributed by atoms with E-state index in [1.165, 1.54) is 18.0 Å². The monoisotopic (exact) mass is 236 g/mol. The molecule has 0 spiro atoms. The Balaban J connectivity index is 4.75. The molecule has 0 aliphatic carbocycles. The summed E-state index contributed by atoms with van der Waals surface area (Å²) in [6, 6.07) is 0. The van der Waals surface area contributed by atoms with E-state index in [0.29, 0.717) is 11.4 Å². The number of hydrogen-bond acceptors (Lipinski definition) is 3. The second kappa shape index (κ2) is 8.47. The maximum atomic E-state index is 11.4. The number of aliphatic hydroxyl groups excluding tert-OH is 1. The van der Waals surface area contributed by atoms with Crippen LogP contribution in [-0.4, -0.2) is 28.7 Å². The third kappa shape index (κ3) is 5.82. The highest BCUT2D eigenvalue weighted by atomic mass is 16.3. The number of nitrogens with zero attached hydrogens (tertiary/aromatic N) is 2. The SMILES string of the molecule is C=C(/N=C\C(=C/C)CO)N(/C=C\CC)C(C)=O. The first-order chi connectivity index (χ1) is 8.06.